The van der Waals surface area contributed by atoms with Gasteiger partial charge in [-0.1, -0.05) is 18.2 Å². The highest BCUT2D eigenvalue weighted by Crippen LogP contribution is 2.36. The van der Waals surface area contributed by atoms with Gasteiger partial charge in [-0.15, -0.1) is 0 Å². The molecule has 4 aromatic rings. The Balaban J connectivity index is 1.82. The Morgan fingerprint density at radius 3 is 2.37 bits per heavy atom. The number of hydrogen-bond donors (Lipinski definition) is 3. The maximum Gasteiger partial charge on any atom is 0.417 e. The second-order valence-corrected chi connectivity index (χ2v) is 6.53. The molecular weight excluding hydrogens is 402 g/mol. The predicted octanol–water partition coefficient (Wildman–Crippen LogP) is 4.93. The van der Waals surface area contributed by atoms with E-state index in [1.54, 1.807) is 18.2 Å². The predicted molar refractivity (Wildman–Crippen MR) is 104 cm³/mol. The summed E-state index contributed by atoms with van der Waals surface area (Å²) >= 11 is 0. The minimum atomic E-state index is -4.76. The molecule has 0 saturated heterocycles. The number of alkyl halides is 3. The van der Waals surface area contributed by atoms with E-state index >= 15 is 0 Å². The van der Waals surface area contributed by atoms with Gasteiger partial charge in [0.25, 0.3) is 5.91 Å². The molecule has 3 N–H and O–H groups in total. The Bertz CT molecular complexity index is 1300. The van der Waals surface area contributed by atoms with Crippen molar-refractivity contribution < 1.29 is 22.4 Å². The van der Waals surface area contributed by atoms with E-state index < -0.39 is 34.7 Å². The maximum atomic E-state index is 13.5. The van der Waals surface area contributed by atoms with Crippen LogP contribution < -0.4 is 11.0 Å². The molecule has 0 unspecified atom stereocenters. The van der Waals surface area contributed by atoms with Crippen molar-refractivity contribution in [2.24, 2.45) is 0 Å². The van der Waals surface area contributed by atoms with Gasteiger partial charge >= 0.3 is 11.9 Å². The smallest absolute Gasteiger partial charge is 0.322 e. The third kappa shape index (κ3) is 3.69. The molecule has 0 saturated carbocycles. The van der Waals surface area contributed by atoms with Crippen LogP contribution in [0.15, 0.2) is 65.5 Å². The second kappa shape index (κ2) is 7.18. The number of anilines is 1. The van der Waals surface area contributed by atoms with Crippen LogP contribution in [-0.4, -0.2) is 15.9 Å². The number of para-hydroxylation sites is 1. The molecule has 4 rings (SSSR count). The number of hydrogen-bond acceptors (Lipinski definition) is 2. The molecule has 0 aliphatic heterocycles. The number of imidazole rings is 1. The molecule has 152 valence electrons. The quantitative estimate of drug-likeness (QED) is 0.415. The average molecular weight is 415 g/mol. The number of nitrogens with one attached hydrogen (secondary N) is 3. The molecule has 0 aliphatic carbocycles. The molecule has 1 amide bonds. The largest absolute Gasteiger partial charge is 0.417 e. The third-order valence-corrected chi connectivity index (χ3v) is 4.53. The standard InChI is InChI=1S/C21H13F4N3O2/c22-12-5-7-13(8-6-12)26-19(29)15-10-11(4-9-16(15)21(23,24)25)14-2-1-3-17-18(14)28-20(30)27-17/h1-10H,(H,26,29)(H2,27,28,30). The summed E-state index contributed by atoms with van der Waals surface area (Å²) in [6.07, 6.45) is -4.76. The van der Waals surface area contributed by atoms with E-state index in [2.05, 4.69) is 15.3 Å². The van der Waals surface area contributed by atoms with Crippen LogP contribution >= 0.6 is 0 Å². The zero-order valence-electron chi connectivity index (χ0n) is 15.1. The summed E-state index contributed by atoms with van der Waals surface area (Å²) in [7, 11) is 0. The number of carbonyl (C=O) groups excluding carboxylic acids is 1. The summed E-state index contributed by atoms with van der Waals surface area (Å²) in [5.41, 5.74) is -0.360. The Morgan fingerprint density at radius 2 is 1.67 bits per heavy atom. The molecule has 30 heavy (non-hydrogen) atoms. The number of aromatic nitrogens is 2. The van der Waals surface area contributed by atoms with Crippen LogP contribution in [0.1, 0.15) is 15.9 Å². The SMILES string of the molecule is O=C(Nc1ccc(F)cc1)c1cc(-c2cccc3[nH]c(=O)[nH]c23)ccc1C(F)(F)F. The lowest BCUT2D eigenvalue weighted by Gasteiger charge is -2.15. The molecule has 1 heterocycles. The molecule has 0 bridgehead atoms. The van der Waals surface area contributed by atoms with Gasteiger partial charge in [-0.3, -0.25) is 4.79 Å². The highest BCUT2D eigenvalue weighted by molar-refractivity contribution is 6.06. The van der Waals surface area contributed by atoms with Gasteiger partial charge in [-0.25, -0.2) is 9.18 Å². The van der Waals surface area contributed by atoms with Crippen molar-refractivity contribution >= 4 is 22.6 Å². The summed E-state index contributed by atoms with van der Waals surface area (Å²) < 4.78 is 53.6. The minimum absolute atomic E-state index is 0.150. The summed E-state index contributed by atoms with van der Waals surface area (Å²) in [5.74, 6) is -1.54. The zero-order chi connectivity index (χ0) is 21.5. The van der Waals surface area contributed by atoms with Gasteiger partial charge < -0.3 is 15.3 Å². The lowest BCUT2D eigenvalue weighted by Crippen LogP contribution is -2.19. The van der Waals surface area contributed by atoms with Crippen molar-refractivity contribution in [1.82, 2.24) is 9.97 Å². The van der Waals surface area contributed by atoms with Crippen LogP contribution in [0, 0.1) is 5.82 Å². The number of halogens is 4. The van der Waals surface area contributed by atoms with E-state index in [4.69, 9.17) is 0 Å². The highest BCUT2D eigenvalue weighted by atomic mass is 19.4. The van der Waals surface area contributed by atoms with E-state index in [-0.39, 0.29) is 5.69 Å². The van der Waals surface area contributed by atoms with Crippen LogP contribution in [0.25, 0.3) is 22.2 Å². The molecule has 0 spiro atoms. The maximum absolute atomic E-state index is 13.5. The van der Waals surface area contributed by atoms with Crippen LogP contribution in [0.3, 0.4) is 0 Å². The molecule has 0 radical (unpaired) electrons. The molecule has 9 heteroatoms. The average Bonchev–Trinajstić information content (AvgIpc) is 3.08. The highest BCUT2D eigenvalue weighted by Gasteiger charge is 2.35. The van der Waals surface area contributed by atoms with E-state index in [1.807, 2.05) is 0 Å². The molecule has 1 aromatic heterocycles. The van der Waals surface area contributed by atoms with Crippen molar-refractivity contribution in [3.05, 3.63) is 88.1 Å². The number of H-pyrrole nitrogens is 2. The molecule has 5 nitrogen and oxygen atoms in total. The van der Waals surface area contributed by atoms with Crippen LogP contribution in [0.2, 0.25) is 0 Å². The molecular formula is C21H13F4N3O2. The van der Waals surface area contributed by atoms with Crippen molar-refractivity contribution in [2.75, 3.05) is 5.32 Å². The lowest BCUT2D eigenvalue weighted by atomic mass is 9.97. The minimum Gasteiger partial charge on any atom is -0.322 e. The molecule has 3 aromatic carbocycles. The number of rotatable bonds is 3. The summed E-state index contributed by atoms with van der Waals surface area (Å²) in [5, 5.41) is 2.35. The van der Waals surface area contributed by atoms with Crippen molar-refractivity contribution in [2.45, 2.75) is 6.18 Å². The van der Waals surface area contributed by atoms with Gasteiger partial charge in [0, 0.05) is 11.3 Å². The molecule has 0 atom stereocenters. The summed E-state index contributed by atoms with van der Waals surface area (Å²) in [4.78, 5) is 29.4. The first-order chi connectivity index (χ1) is 14.2. The van der Waals surface area contributed by atoms with Gasteiger partial charge in [0.2, 0.25) is 0 Å². The van der Waals surface area contributed by atoms with Crippen molar-refractivity contribution in [1.29, 1.82) is 0 Å². The number of benzene rings is 3. The molecule has 0 aliphatic rings. The first-order valence-corrected chi connectivity index (χ1v) is 8.72. The Labute approximate surface area is 166 Å². The molecule has 0 fully saturated rings. The van der Waals surface area contributed by atoms with Gasteiger partial charge in [0.1, 0.15) is 5.82 Å². The van der Waals surface area contributed by atoms with Gasteiger partial charge in [-0.2, -0.15) is 13.2 Å². The topological polar surface area (TPSA) is 77.8 Å². The second-order valence-electron chi connectivity index (χ2n) is 6.53. The van der Waals surface area contributed by atoms with E-state index in [0.29, 0.717) is 22.2 Å². The number of fused-ring (bicyclic) bond motifs is 1. The van der Waals surface area contributed by atoms with Crippen molar-refractivity contribution in [3.63, 3.8) is 0 Å². The summed E-state index contributed by atoms with van der Waals surface area (Å²) in [6, 6.07) is 12.7. The number of amides is 1. The monoisotopic (exact) mass is 415 g/mol. The fourth-order valence-electron chi connectivity index (χ4n) is 3.18. The Hall–Kier alpha value is -3.88. The van der Waals surface area contributed by atoms with Crippen LogP contribution in [0.4, 0.5) is 23.2 Å². The lowest BCUT2D eigenvalue weighted by molar-refractivity contribution is -0.137. The first-order valence-electron chi connectivity index (χ1n) is 8.72. The van der Waals surface area contributed by atoms with Gasteiger partial charge in [0.05, 0.1) is 22.2 Å². The van der Waals surface area contributed by atoms with Gasteiger partial charge in [-0.05, 0) is 48.0 Å². The van der Waals surface area contributed by atoms with E-state index in [1.165, 1.54) is 18.2 Å². The third-order valence-electron chi connectivity index (χ3n) is 4.53. The fraction of sp³-hybridized carbons (Fsp3) is 0.0476. The normalized spacial score (nSPS) is 11.6. The van der Waals surface area contributed by atoms with Crippen molar-refractivity contribution in [3.8, 4) is 11.1 Å². The van der Waals surface area contributed by atoms with E-state index in [0.717, 1.165) is 24.3 Å². The Morgan fingerprint density at radius 1 is 0.933 bits per heavy atom. The summed E-state index contributed by atoms with van der Waals surface area (Å²) in [6.45, 7) is 0. The van der Waals surface area contributed by atoms with Crippen LogP contribution in [-0.2, 0) is 6.18 Å². The van der Waals surface area contributed by atoms with Crippen LogP contribution in [0.5, 0.6) is 0 Å². The number of aromatic amines is 2. The fourth-order valence-corrected chi connectivity index (χ4v) is 3.18. The Kier molecular flexibility index (Phi) is 4.65. The first kappa shape index (κ1) is 19.4. The zero-order valence-corrected chi connectivity index (χ0v) is 15.1. The number of carbonyl (C=O) groups is 1. The van der Waals surface area contributed by atoms with E-state index in [9.17, 15) is 27.2 Å². The van der Waals surface area contributed by atoms with Gasteiger partial charge in [0.15, 0.2) is 0 Å².